The smallest absolute Gasteiger partial charge is 0.240 e. The van der Waals surface area contributed by atoms with Gasteiger partial charge in [-0.05, 0) is 19.8 Å². The van der Waals surface area contributed by atoms with Gasteiger partial charge in [0, 0.05) is 17.3 Å². The van der Waals surface area contributed by atoms with E-state index in [0.717, 1.165) is 6.42 Å². The summed E-state index contributed by atoms with van der Waals surface area (Å²) in [7, 11) is 1.87. The number of hydrogen-bond acceptors (Lipinski definition) is 3. The van der Waals surface area contributed by atoms with Crippen molar-refractivity contribution in [1.82, 2.24) is 0 Å². The van der Waals surface area contributed by atoms with Crippen LogP contribution in [0.25, 0.3) is 0 Å². The minimum atomic E-state index is -3.45. The van der Waals surface area contributed by atoms with Gasteiger partial charge in [0.1, 0.15) is 4.75 Å². The Balaban J connectivity index is 2.64. The van der Waals surface area contributed by atoms with E-state index in [9.17, 15) is 8.42 Å². The monoisotopic (exact) mass is 212 g/mol. The van der Waals surface area contributed by atoms with E-state index in [1.165, 1.54) is 0 Å². The Labute approximate surface area is 77.5 Å². The van der Waals surface area contributed by atoms with Gasteiger partial charge in [-0.15, -0.1) is 0 Å². The van der Waals surface area contributed by atoms with Gasteiger partial charge < -0.3 is 4.74 Å². The Morgan fingerprint density at radius 1 is 1.50 bits per heavy atom. The first-order chi connectivity index (χ1) is 5.52. The van der Waals surface area contributed by atoms with Crippen molar-refractivity contribution in [1.29, 1.82) is 0 Å². The number of rotatable bonds is 4. The molecule has 0 bridgehead atoms. The third-order valence-corrected chi connectivity index (χ3v) is 4.89. The van der Waals surface area contributed by atoms with E-state index in [-0.39, 0.29) is 6.61 Å². The van der Waals surface area contributed by atoms with Crippen molar-refractivity contribution in [2.24, 2.45) is 0 Å². The molecule has 3 nitrogen and oxygen atoms in total. The van der Waals surface area contributed by atoms with Gasteiger partial charge in [0.25, 0.3) is 0 Å². The first-order valence-corrected chi connectivity index (χ1v) is 6.35. The summed E-state index contributed by atoms with van der Waals surface area (Å²) in [5, 5.41) is 0. The van der Waals surface area contributed by atoms with E-state index >= 15 is 0 Å². The lowest BCUT2D eigenvalue weighted by molar-refractivity contribution is 0.0929. The van der Waals surface area contributed by atoms with E-state index in [1.54, 1.807) is 0 Å². The second-order valence-corrected chi connectivity index (χ2v) is 6.07. The first kappa shape index (κ1) is 10.3. The predicted molar refractivity (Wildman–Crippen MR) is 47.8 cm³/mol. The van der Waals surface area contributed by atoms with Crippen molar-refractivity contribution >= 4 is 19.7 Å². The minimum absolute atomic E-state index is 0.245. The van der Waals surface area contributed by atoms with E-state index in [0.29, 0.717) is 19.4 Å². The third kappa shape index (κ3) is 1.75. The minimum Gasteiger partial charge on any atom is -0.380 e. The zero-order valence-electron chi connectivity index (χ0n) is 7.05. The van der Waals surface area contributed by atoms with Gasteiger partial charge in [0.15, 0.2) is 0 Å². The van der Waals surface area contributed by atoms with E-state index < -0.39 is 13.8 Å². The average molecular weight is 213 g/mol. The van der Waals surface area contributed by atoms with Gasteiger partial charge in [-0.1, -0.05) is 6.42 Å². The third-order valence-electron chi connectivity index (χ3n) is 2.35. The number of ether oxygens (including phenoxy) is 1. The van der Waals surface area contributed by atoms with Crippen molar-refractivity contribution < 1.29 is 13.2 Å². The molecule has 1 aliphatic rings. The Morgan fingerprint density at radius 2 is 2.08 bits per heavy atom. The van der Waals surface area contributed by atoms with Gasteiger partial charge in [0.2, 0.25) is 9.05 Å². The summed E-state index contributed by atoms with van der Waals surface area (Å²) < 4.78 is 26.6. The second-order valence-electron chi connectivity index (χ2n) is 3.11. The van der Waals surface area contributed by atoms with Crippen LogP contribution < -0.4 is 0 Å². The summed E-state index contributed by atoms with van der Waals surface area (Å²) >= 11 is 0. The molecule has 0 N–H and O–H groups in total. The van der Waals surface area contributed by atoms with Crippen LogP contribution in [-0.2, 0) is 13.8 Å². The van der Waals surface area contributed by atoms with Crippen LogP contribution in [0.3, 0.4) is 0 Å². The molecule has 1 fully saturated rings. The first-order valence-electron chi connectivity index (χ1n) is 4.04. The van der Waals surface area contributed by atoms with Crippen molar-refractivity contribution in [3.63, 3.8) is 0 Å². The quantitative estimate of drug-likeness (QED) is 0.664. The van der Waals surface area contributed by atoms with Crippen LogP contribution in [0.2, 0.25) is 0 Å². The molecular formula is C7H13ClO3S. The summed E-state index contributed by atoms with van der Waals surface area (Å²) in [6, 6.07) is 0. The normalized spacial score (nSPS) is 21.8. The van der Waals surface area contributed by atoms with Crippen molar-refractivity contribution in [3.05, 3.63) is 0 Å². The molecule has 1 aliphatic carbocycles. The molecule has 0 saturated heterocycles. The highest BCUT2D eigenvalue weighted by Crippen LogP contribution is 2.41. The Bertz CT molecular complexity index is 243. The zero-order valence-corrected chi connectivity index (χ0v) is 8.62. The highest BCUT2D eigenvalue weighted by molar-refractivity contribution is 8.14. The molecule has 12 heavy (non-hydrogen) atoms. The van der Waals surface area contributed by atoms with Gasteiger partial charge in [0.05, 0.1) is 6.61 Å². The summed E-state index contributed by atoms with van der Waals surface area (Å²) in [6.45, 7) is 2.62. The van der Waals surface area contributed by atoms with Crippen LogP contribution in [0.5, 0.6) is 0 Å². The molecule has 72 valence electrons. The average Bonchev–Trinajstić information content (AvgIpc) is 1.82. The fourth-order valence-corrected chi connectivity index (χ4v) is 2.91. The SMILES string of the molecule is CCOCC1(S(=O)(=O)Cl)CCC1. The maximum Gasteiger partial charge on any atom is 0.240 e. The van der Waals surface area contributed by atoms with Gasteiger partial charge in [-0.25, -0.2) is 8.42 Å². The predicted octanol–water partition coefficient (Wildman–Crippen LogP) is 1.51. The molecule has 0 atom stereocenters. The second kappa shape index (κ2) is 3.52. The Morgan fingerprint density at radius 3 is 2.33 bits per heavy atom. The van der Waals surface area contributed by atoms with Crippen molar-refractivity contribution in [2.45, 2.75) is 30.9 Å². The molecule has 0 aromatic heterocycles. The molecule has 1 saturated carbocycles. The molecule has 0 radical (unpaired) electrons. The molecule has 5 heteroatoms. The lowest BCUT2D eigenvalue weighted by atomic mass is 9.85. The maximum absolute atomic E-state index is 11.1. The fourth-order valence-electron chi connectivity index (χ4n) is 1.32. The van der Waals surface area contributed by atoms with Crippen LogP contribution >= 0.6 is 10.7 Å². The van der Waals surface area contributed by atoms with Crippen LogP contribution in [0.15, 0.2) is 0 Å². The largest absolute Gasteiger partial charge is 0.380 e. The molecule has 0 unspecified atom stereocenters. The molecule has 0 heterocycles. The molecule has 1 rings (SSSR count). The number of hydrogen-bond donors (Lipinski definition) is 0. The van der Waals surface area contributed by atoms with Crippen molar-refractivity contribution in [3.8, 4) is 0 Å². The summed E-state index contributed by atoms with van der Waals surface area (Å²) in [6.07, 6.45) is 2.21. The van der Waals surface area contributed by atoms with Crippen LogP contribution in [0.4, 0.5) is 0 Å². The molecule has 0 aliphatic heterocycles. The zero-order chi connectivity index (χ0) is 9.24. The molecule has 0 aromatic carbocycles. The highest BCUT2D eigenvalue weighted by Gasteiger charge is 2.48. The lowest BCUT2D eigenvalue weighted by Gasteiger charge is -2.37. The maximum atomic E-state index is 11.1. The van der Waals surface area contributed by atoms with Crippen LogP contribution in [0.1, 0.15) is 26.2 Å². The van der Waals surface area contributed by atoms with Crippen LogP contribution in [-0.4, -0.2) is 26.4 Å². The molecule has 0 aromatic rings. The summed E-state index contributed by atoms with van der Waals surface area (Å²) in [5.41, 5.74) is 0. The highest BCUT2D eigenvalue weighted by atomic mass is 35.7. The molecular weight excluding hydrogens is 200 g/mol. The van der Waals surface area contributed by atoms with E-state index in [2.05, 4.69) is 0 Å². The Kier molecular flexibility index (Phi) is 3.01. The van der Waals surface area contributed by atoms with Crippen molar-refractivity contribution in [2.75, 3.05) is 13.2 Å². The Hall–Kier alpha value is 0.200. The van der Waals surface area contributed by atoms with Crippen LogP contribution in [0, 0.1) is 0 Å². The molecule has 0 amide bonds. The van der Waals surface area contributed by atoms with E-state index in [4.69, 9.17) is 15.4 Å². The number of halogens is 1. The summed E-state index contributed by atoms with van der Waals surface area (Å²) in [4.78, 5) is 0. The van der Waals surface area contributed by atoms with Gasteiger partial charge in [-0.2, -0.15) is 0 Å². The standard InChI is InChI=1S/C7H13ClO3S/c1-2-11-6-7(4-3-5-7)12(8,9)10/h2-6H2,1H3. The van der Waals surface area contributed by atoms with Gasteiger partial charge in [-0.3, -0.25) is 0 Å². The van der Waals surface area contributed by atoms with E-state index in [1.807, 2.05) is 6.92 Å². The topological polar surface area (TPSA) is 43.4 Å². The lowest BCUT2D eigenvalue weighted by Crippen LogP contribution is -2.46. The fraction of sp³-hybridized carbons (Fsp3) is 1.00. The van der Waals surface area contributed by atoms with Gasteiger partial charge >= 0.3 is 0 Å². The summed E-state index contributed by atoms with van der Waals surface area (Å²) in [5.74, 6) is 0. The molecule has 0 spiro atoms.